The molecule has 0 saturated heterocycles. The first kappa shape index (κ1) is 17.4. The lowest BCUT2D eigenvalue weighted by molar-refractivity contribution is -0.124. The summed E-state index contributed by atoms with van der Waals surface area (Å²) in [6.45, 7) is 4.71. The molecule has 1 rings (SSSR count). The molecule has 0 fully saturated rings. The van der Waals surface area contributed by atoms with E-state index < -0.39 is 0 Å². The van der Waals surface area contributed by atoms with Gasteiger partial charge in [0.2, 0.25) is 5.91 Å². The van der Waals surface area contributed by atoms with Gasteiger partial charge in [0.1, 0.15) is 5.82 Å². The standard InChI is InChI=1S/C16H28N4O/c1-5-11-20-14-10-17-15(20)8-6-13-19(4)16(21)9-7-12-18(2)3/h7,9-10,14H,5-6,8,11-13H2,1-4H3/b9-7+. The summed E-state index contributed by atoms with van der Waals surface area (Å²) in [5, 5.41) is 0. The molecule has 118 valence electrons. The van der Waals surface area contributed by atoms with Crippen LogP contribution < -0.4 is 0 Å². The second-order valence-corrected chi connectivity index (χ2v) is 5.56. The van der Waals surface area contributed by atoms with E-state index in [0.29, 0.717) is 0 Å². The fourth-order valence-electron chi connectivity index (χ4n) is 2.09. The second-order valence-electron chi connectivity index (χ2n) is 5.56. The van der Waals surface area contributed by atoms with Crippen molar-refractivity contribution in [1.29, 1.82) is 0 Å². The van der Waals surface area contributed by atoms with Crippen LogP contribution in [0.2, 0.25) is 0 Å². The van der Waals surface area contributed by atoms with Gasteiger partial charge in [-0.3, -0.25) is 4.79 Å². The molecule has 0 aliphatic carbocycles. The van der Waals surface area contributed by atoms with Gasteiger partial charge in [-0.25, -0.2) is 4.98 Å². The lowest BCUT2D eigenvalue weighted by Gasteiger charge is -2.15. The van der Waals surface area contributed by atoms with Gasteiger partial charge < -0.3 is 14.4 Å². The first-order valence-corrected chi connectivity index (χ1v) is 7.61. The van der Waals surface area contributed by atoms with Crippen molar-refractivity contribution in [1.82, 2.24) is 19.4 Å². The highest BCUT2D eigenvalue weighted by Crippen LogP contribution is 2.04. The van der Waals surface area contributed by atoms with E-state index >= 15 is 0 Å². The summed E-state index contributed by atoms with van der Waals surface area (Å²) in [5.74, 6) is 1.18. The summed E-state index contributed by atoms with van der Waals surface area (Å²) >= 11 is 0. The zero-order valence-electron chi connectivity index (χ0n) is 13.7. The summed E-state index contributed by atoms with van der Waals surface area (Å²) in [4.78, 5) is 20.1. The van der Waals surface area contributed by atoms with E-state index in [1.807, 2.05) is 44.5 Å². The number of rotatable bonds is 9. The number of nitrogens with zero attached hydrogens (tertiary/aromatic N) is 4. The molecule has 0 spiro atoms. The molecule has 0 saturated carbocycles. The normalized spacial score (nSPS) is 11.5. The molecule has 0 bridgehead atoms. The molecule has 0 unspecified atom stereocenters. The van der Waals surface area contributed by atoms with Gasteiger partial charge in [-0.2, -0.15) is 0 Å². The Kier molecular flexibility index (Phi) is 7.75. The van der Waals surface area contributed by atoms with E-state index in [1.54, 1.807) is 11.0 Å². The Morgan fingerprint density at radius 2 is 2.14 bits per heavy atom. The molecular weight excluding hydrogens is 264 g/mol. The maximum atomic E-state index is 11.9. The SMILES string of the molecule is CCCn1ccnc1CCCN(C)C(=O)/C=C/CN(C)C. The van der Waals surface area contributed by atoms with Crippen molar-refractivity contribution in [3.63, 3.8) is 0 Å². The van der Waals surface area contributed by atoms with Crippen molar-refractivity contribution in [2.75, 3.05) is 34.2 Å². The minimum atomic E-state index is 0.0637. The molecule has 0 aliphatic rings. The number of hydrogen-bond donors (Lipinski definition) is 0. The fraction of sp³-hybridized carbons (Fsp3) is 0.625. The lowest BCUT2D eigenvalue weighted by Crippen LogP contribution is -2.26. The Balaban J connectivity index is 2.32. The number of amides is 1. The predicted molar refractivity (Wildman–Crippen MR) is 86.2 cm³/mol. The van der Waals surface area contributed by atoms with Crippen LogP contribution in [-0.4, -0.2) is 59.5 Å². The maximum absolute atomic E-state index is 11.9. The number of carbonyl (C=O) groups excluding carboxylic acids is 1. The van der Waals surface area contributed by atoms with Crippen molar-refractivity contribution in [2.45, 2.75) is 32.7 Å². The summed E-state index contributed by atoms with van der Waals surface area (Å²) < 4.78 is 2.19. The third kappa shape index (κ3) is 6.58. The van der Waals surface area contributed by atoms with Crippen molar-refractivity contribution in [3.8, 4) is 0 Å². The highest BCUT2D eigenvalue weighted by molar-refractivity contribution is 5.87. The predicted octanol–water partition coefficient (Wildman–Crippen LogP) is 1.80. The van der Waals surface area contributed by atoms with Crippen molar-refractivity contribution >= 4 is 5.91 Å². The molecule has 0 N–H and O–H groups in total. The third-order valence-electron chi connectivity index (χ3n) is 3.27. The number of aromatic nitrogens is 2. The average Bonchev–Trinajstić information content (AvgIpc) is 2.86. The molecule has 0 radical (unpaired) electrons. The monoisotopic (exact) mass is 292 g/mol. The van der Waals surface area contributed by atoms with Gasteiger partial charge >= 0.3 is 0 Å². The zero-order valence-corrected chi connectivity index (χ0v) is 13.7. The number of likely N-dealkylation sites (N-methyl/N-ethyl adjacent to an activating group) is 2. The molecule has 5 nitrogen and oxygen atoms in total. The molecule has 1 aromatic heterocycles. The molecule has 21 heavy (non-hydrogen) atoms. The summed E-state index contributed by atoms with van der Waals surface area (Å²) in [6.07, 6.45) is 10.4. The van der Waals surface area contributed by atoms with Gasteiger partial charge in [0.15, 0.2) is 0 Å². The topological polar surface area (TPSA) is 41.4 Å². The molecule has 0 aromatic carbocycles. The summed E-state index contributed by atoms with van der Waals surface area (Å²) in [5.41, 5.74) is 0. The fourth-order valence-corrected chi connectivity index (χ4v) is 2.09. The minimum absolute atomic E-state index is 0.0637. The molecule has 1 aromatic rings. The number of hydrogen-bond acceptors (Lipinski definition) is 3. The molecule has 1 amide bonds. The Morgan fingerprint density at radius 1 is 1.38 bits per heavy atom. The Bertz CT molecular complexity index is 451. The Morgan fingerprint density at radius 3 is 2.81 bits per heavy atom. The number of imidazole rings is 1. The molecule has 1 heterocycles. The number of aryl methyl sites for hydroxylation is 2. The van der Waals surface area contributed by atoms with E-state index in [0.717, 1.165) is 44.7 Å². The van der Waals surface area contributed by atoms with Crippen molar-refractivity contribution < 1.29 is 4.79 Å². The van der Waals surface area contributed by atoms with Gasteiger partial charge in [0.25, 0.3) is 0 Å². The van der Waals surface area contributed by atoms with Gasteiger partial charge in [-0.05, 0) is 26.9 Å². The second kappa shape index (κ2) is 9.34. The number of carbonyl (C=O) groups is 1. The van der Waals surface area contributed by atoms with Crippen LogP contribution in [0.1, 0.15) is 25.6 Å². The van der Waals surface area contributed by atoms with E-state index in [1.165, 1.54) is 0 Å². The molecule has 0 atom stereocenters. The van der Waals surface area contributed by atoms with Crippen molar-refractivity contribution in [2.24, 2.45) is 0 Å². The summed E-state index contributed by atoms with van der Waals surface area (Å²) in [6, 6.07) is 0. The van der Waals surface area contributed by atoms with E-state index in [-0.39, 0.29) is 5.91 Å². The largest absolute Gasteiger partial charge is 0.342 e. The van der Waals surface area contributed by atoms with Crippen LogP contribution in [-0.2, 0) is 17.8 Å². The van der Waals surface area contributed by atoms with Gasteiger partial charge in [-0.15, -0.1) is 0 Å². The Labute approximate surface area is 128 Å². The summed E-state index contributed by atoms with van der Waals surface area (Å²) in [7, 11) is 5.81. The van der Waals surface area contributed by atoms with E-state index in [9.17, 15) is 4.79 Å². The van der Waals surface area contributed by atoms with Crippen LogP contribution in [0.4, 0.5) is 0 Å². The molecule has 5 heteroatoms. The van der Waals surface area contributed by atoms with Crippen LogP contribution in [0, 0.1) is 0 Å². The van der Waals surface area contributed by atoms with Crippen LogP contribution in [0.3, 0.4) is 0 Å². The van der Waals surface area contributed by atoms with Gasteiger partial charge in [0, 0.05) is 51.6 Å². The smallest absolute Gasteiger partial charge is 0.246 e. The van der Waals surface area contributed by atoms with Crippen LogP contribution in [0.15, 0.2) is 24.5 Å². The van der Waals surface area contributed by atoms with E-state index in [2.05, 4.69) is 16.5 Å². The quantitative estimate of drug-likeness (QED) is 0.652. The van der Waals surface area contributed by atoms with Gasteiger partial charge in [0.05, 0.1) is 0 Å². The van der Waals surface area contributed by atoms with Crippen LogP contribution in [0.25, 0.3) is 0 Å². The first-order valence-electron chi connectivity index (χ1n) is 7.61. The Hall–Kier alpha value is -1.62. The van der Waals surface area contributed by atoms with Crippen LogP contribution >= 0.6 is 0 Å². The highest BCUT2D eigenvalue weighted by atomic mass is 16.2. The zero-order chi connectivity index (χ0) is 15.7. The van der Waals surface area contributed by atoms with Gasteiger partial charge in [-0.1, -0.05) is 13.0 Å². The minimum Gasteiger partial charge on any atom is -0.342 e. The third-order valence-corrected chi connectivity index (χ3v) is 3.27. The van der Waals surface area contributed by atoms with E-state index in [4.69, 9.17) is 0 Å². The maximum Gasteiger partial charge on any atom is 0.246 e. The highest BCUT2D eigenvalue weighted by Gasteiger charge is 2.06. The molecule has 0 aliphatic heterocycles. The van der Waals surface area contributed by atoms with Crippen molar-refractivity contribution in [3.05, 3.63) is 30.4 Å². The molecular formula is C16H28N4O. The lowest BCUT2D eigenvalue weighted by atomic mass is 10.2. The first-order chi connectivity index (χ1) is 10.0. The van der Waals surface area contributed by atoms with Crippen LogP contribution in [0.5, 0.6) is 0 Å². The average molecular weight is 292 g/mol.